The van der Waals surface area contributed by atoms with E-state index in [0.717, 1.165) is 4.31 Å². The lowest BCUT2D eigenvalue weighted by Crippen LogP contribution is -2.43. The fourth-order valence-electron chi connectivity index (χ4n) is 2.37. The first kappa shape index (κ1) is 21.5. The first-order valence-electron chi connectivity index (χ1n) is 7.92. The summed E-state index contributed by atoms with van der Waals surface area (Å²) in [7, 11) is -2.82. The predicted molar refractivity (Wildman–Crippen MR) is 106 cm³/mol. The molecule has 0 fully saturated rings. The molecular formula is C17H19ClN4O5S. The molecule has 0 aromatic heterocycles. The number of carbonyl (C=O) groups excluding carboxylic acids is 2. The third kappa shape index (κ3) is 4.91. The number of nitrogens with zero attached hydrogens (tertiary/aromatic N) is 1. The van der Waals surface area contributed by atoms with Crippen LogP contribution in [0.4, 0.5) is 11.4 Å². The molecule has 0 radical (unpaired) electrons. The van der Waals surface area contributed by atoms with Crippen LogP contribution < -0.4 is 25.6 Å². The summed E-state index contributed by atoms with van der Waals surface area (Å²) < 4.78 is 32.5. The maximum atomic E-state index is 13.2. The standard InChI is InChI=1S/C17H19ClN4O5S/c1-11(23)20-13-4-6-14(7-5-13)28(25,26)22(10-17(24)21-19)15-9-12(18)3-8-16(15)27-2/h3-9H,10,19H2,1-2H3,(H,20,23)(H,21,24). The zero-order chi connectivity index (χ0) is 20.9. The summed E-state index contributed by atoms with van der Waals surface area (Å²) in [6.45, 7) is 0.742. The third-order valence-electron chi connectivity index (χ3n) is 3.62. The lowest BCUT2D eigenvalue weighted by Gasteiger charge is -2.25. The number of hydrogen-bond acceptors (Lipinski definition) is 6. The van der Waals surface area contributed by atoms with E-state index in [1.54, 1.807) is 0 Å². The number of nitrogens with one attached hydrogen (secondary N) is 2. The number of ether oxygens (including phenoxy) is 1. The number of sulfonamides is 1. The highest BCUT2D eigenvalue weighted by Gasteiger charge is 2.29. The molecule has 9 nitrogen and oxygen atoms in total. The number of anilines is 2. The van der Waals surface area contributed by atoms with Crippen molar-refractivity contribution in [2.24, 2.45) is 5.84 Å². The van der Waals surface area contributed by atoms with Crippen LogP contribution in [0.5, 0.6) is 5.75 Å². The van der Waals surface area contributed by atoms with Gasteiger partial charge in [0.25, 0.3) is 15.9 Å². The quantitative estimate of drug-likeness (QED) is 0.349. The smallest absolute Gasteiger partial charge is 0.264 e. The summed E-state index contributed by atoms with van der Waals surface area (Å²) in [5, 5.41) is 2.80. The highest BCUT2D eigenvalue weighted by atomic mass is 35.5. The van der Waals surface area contributed by atoms with Crippen LogP contribution >= 0.6 is 11.6 Å². The molecule has 2 rings (SSSR count). The minimum absolute atomic E-state index is 0.0736. The van der Waals surface area contributed by atoms with Gasteiger partial charge in [-0.05, 0) is 42.5 Å². The van der Waals surface area contributed by atoms with Crippen molar-refractivity contribution in [1.29, 1.82) is 0 Å². The third-order valence-corrected chi connectivity index (χ3v) is 5.63. The molecule has 0 saturated carbocycles. The minimum Gasteiger partial charge on any atom is -0.495 e. The average molecular weight is 427 g/mol. The molecule has 2 aromatic carbocycles. The van der Waals surface area contributed by atoms with Gasteiger partial charge in [-0.3, -0.25) is 19.3 Å². The van der Waals surface area contributed by atoms with Crippen LogP contribution in [0.1, 0.15) is 6.92 Å². The van der Waals surface area contributed by atoms with Crippen molar-refractivity contribution in [2.75, 3.05) is 23.3 Å². The molecule has 28 heavy (non-hydrogen) atoms. The van der Waals surface area contributed by atoms with E-state index in [0.29, 0.717) is 5.69 Å². The van der Waals surface area contributed by atoms with Crippen molar-refractivity contribution in [3.8, 4) is 5.75 Å². The molecule has 2 amide bonds. The molecule has 0 unspecified atom stereocenters. The lowest BCUT2D eigenvalue weighted by atomic mass is 10.3. The Morgan fingerprint density at radius 3 is 2.36 bits per heavy atom. The Bertz CT molecular complexity index is 980. The van der Waals surface area contributed by atoms with Gasteiger partial charge in [-0.15, -0.1) is 0 Å². The Kier molecular flexibility index (Phi) is 6.84. The lowest BCUT2D eigenvalue weighted by molar-refractivity contribution is -0.119. The Labute approximate surface area is 167 Å². The summed E-state index contributed by atoms with van der Waals surface area (Å²) in [6.07, 6.45) is 0. The minimum atomic E-state index is -4.19. The average Bonchev–Trinajstić information content (AvgIpc) is 2.65. The number of benzene rings is 2. The van der Waals surface area contributed by atoms with Crippen LogP contribution in [-0.4, -0.2) is 33.9 Å². The second kappa shape index (κ2) is 8.91. The van der Waals surface area contributed by atoms with E-state index < -0.39 is 22.5 Å². The van der Waals surface area contributed by atoms with Crippen molar-refractivity contribution in [1.82, 2.24) is 5.43 Å². The summed E-state index contributed by atoms with van der Waals surface area (Å²) in [6, 6.07) is 9.87. The molecule has 4 N–H and O–H groups in total. The number of carbonyl (C=O) groups is 2. The maximum Gasteiger partial charge on any atom is 0.264 e. The van der Waals surface area contributed by atoms with Crippen molar-refractivity contribution in [3.63, 3.8) is 0 Å². The predicted octanol–water partition coefficient (Wildman–Crippen LogP) is 1.49. The zero-order valence-electron chi connectivity index (χ0n) is 15.1. The highest BCUT2D eigenvalue weighted by Crippen LogP contribution is 2.34. The number of amides is 2. The van der Waals surface area contributed by atoms with Crippen LogP contribution in [0.3, 0.4) is 0 Å². The summed E-state index contributed by atoms with van der Waals surface area (Å²) >= 11 is 6.01. The number of hydrazine groups is 1. The van der Waals surface area contributed by atoms with Gasteiger partial charge in [-0.1, -0.05) is 11.6 Å². The molecular weight excluding hydrogens is 408 g/mol. The second-order valence-corrected chi connectivity index (χ2v) is 7.90. The monoisotopic (exact) mass is 426 g/mol. The van der Waals surface area contributed by atoms with Gasteiger partial charge in [0, 0.05) is 17.6 Å². The van der Waals surface area contributed by atoms with E-state index in [-0.39, 0.29) is 27.3 Å². The second-order valence-electron chi connectivity index (χ2n) is 5.60. The van der Waals surface area contributed by atoms with E-state index in [1.165, 1.54) is 56.5 Å². The number of nitrogens with two attached hydrogens (primary N) is 1. The molecule has 150 valence electrons. The fourth-order valence-corrected chi connectivity index (χ4v) is 3.96. The first-order valence-corrected chi connectivity index (χ1v) is 9.74. The molecule has 0 aliphatic carbocycles. The van der Waals surface area contributed by atoms with Crippen molar-refractivity contribution < 1.29 is 22.7 Å². The molecule has 0 aliphatic heterocycles. The van der Waals surface area contributed by atoms with Crippen molar-refractivity contribution >= 4 is 44.8 Å². The molecule has 0 aliphatic rings. The number of hydrogen-bond donors (Lipinski definition) is 3. The van der Waals surface area contributed by atoms with E-state index in [1.807, 2.05) is 5.43 Å². The largest absolute Gasteiger partial charge is 0.495 e. The van der Waals surface area contributed by atoms with Gasteiger partial charge in [0.2, 0.25) is 5.91 Å². The topological polar surface area (TPSA) is 131 Å². The number of rotatable bonds is 7. The summed E-state index contributed by atoms with van der Waals surface area (Å²) in [4.78, 5) is 22.9. The fraction of sp³-hybridized carbons (Fsp3) is 0.176. The zero-order valence-corrected chi connectivity index (χ0v) is 16.7. The Morgan fingerprint density at radius 2 is 1.82 bits per heavy atom. The molecule has 0 spiro atoms. The number of methoxy groups -OCH3 is 1. The van der Waals surface area contributed by atoms with Crippen LogP contribution in [0.2, 0.25) is 5.02 Å². The van der Waals surface area contributed by atoms with Crippen LogP contribution in [0, 0.1) is 0 Å². The van der Waals surface area contributed by atoms with Gasteiger partial charge in [0.1, 0.15) is 12.3 Å². The van der Waals surface area contributed by atoms with E-state index in [2.05, 4.69) is 5.32 Å². The Balaban J connectivity index is 2.55. The highest BCUT2D eigenvalue weighted by molar-refractivity contribution is 7.92. The molecule has 0 heterocycles. The summed E-state index contributed by atoms with van der Waals surface area (Å²) in [5.41, 5.74) is 2.41. The van der Waals surface area contributed by atoms with E-state index >= 15 is 0 Å². The van der Waals surface area contributed by atoms with Crippen LogP contribution in [-0.2, 0) is 19.6 Å². The Morgan fingerprint density at radius 1 is 1.18 bits per heavy atom. The van der Waals surface area contributed by atoms with Crippen molar-refractivity contribution in [3.05, 3.63) is 47.5 Å². The van der Waals surface area contributed by atoms with E-state index in [4.69, 9.17) is 22.2 Å². The maximum absolute atomic E-state index is 13.2. The normalized spacial score (nSPS) is 10.9. The van der Waals surface area contributed by atoms with Crippen molar-refractivity contribution in [2.45, 2.75) is 11.8 Å². The molecule has 0 bridgehead atoms. The van der Waals surface area contributed by atoms with Gasteiger partial charge in [-0.25, -0.2) is 14.3 Å². The van der Waals surface area contributed by atoms with E-state index in [9.17, 15) is 18.0 Å². The first-order chi connectivity index (χ1) is 13.2. The molecule has 11 heteroatoms. The van der Waals surface area contributed by atoms with Gasteiger partial charge in [-0.2, -0.15) is 0 Å². The molecule has 0 atom stereocenters. The van der Waals surface area contributed by atoms with Gasteiger partial charge >= 0.3 is 0 Å². The van der Waals surface area contributed by atoms with Crippen LogP contribution in [0.25, 0.3) is 0 Å². The Hall–Kier alpha value is -2.82. The summed E-state index contributed by atoms with van der Waals surface area (Å²) in [5.74, 6) is 4.30. The molecule has 2 aromatic rings. The molecule has 0 saturated heterocycles. The van der Waals surface area contributed by atoms with Gasteiger partial charge in [0.15, 0.2) is 0 Å². The van der Waals surface area contributed by atoms with Gasteiger partial charge in [0.05, 0.1) is 17.7 Å². The number of halogens is 1. The SMILES string of the molecule is COc1ccc(Cl)cc1N(CC(=O)NN)S(=O)(=O)c1ccc(NC(C)=O)cc1. The van der Waals surface area contributed by atoms with Crippen LogP contribution in [0.15, 0.2) is 47.4 Å². The van der Waals surface area contributed by atoms with Gasteiger partial charge < -0.3 is 10.1 Å².